The SMILES string of the molecule is Cc1cc2c(c(=O)[nH]1)C(c1cccc([N+](=O)[O-])c1)C(C#N)=C(N)O2. The highest BCUT2D eigenvalue weighted by Gasteiger charge is 2.33. The standard InChI is InChI=1S/C16H12N4O4/c1-8-5-12-14(16(21)19-8)13(11(7-17)15(18)24-12)9-3-2-4-10(6-9)20(22)23/h2-6,13H,18H2,1H3,(H,19,21). The van der Waals surface area contributed by atoms with Gasteiger partial charge in [0.05, 0.1) is 16.4 Å². The molecule has 0 aliphatic carbocycles. The number of nitro groups is 1. The molecule has 0 bridgehead atoms. The molecule has 1 aromatic heterocycles. The minimum atomic E-state index is -0.831. The van der Waals surface area contributed by atoms with Gasteiger partial charge in [0.25, 0.3) is 11.2 Å². The summed E-state index contributed by atoms with van der Waals surface area (Å²) in [5.74, 6) is -0.709. The van der Waals surface area contributed by atoms with Crippen LogP contribution in [0.25, 0.3) is 0 Å². The summed E-state index contributed by atoms with van der Waals surface area (Å²) in [4.78, 5) is 25.5. The van der Waals surface area contributed by atoms with E-state index in [0.29, 0.717) is 11.3 Å². The lowest BCUT2D eigenvalue weighted by atomic mass is 9.84. The molecule has 120 valence electrons. The maximum atomic E-state index is 12.4. The van der Waals surface area contributed by atoms with Crippen molar-refractivity contribution in [3.63, 3.8) is 0 Å². The number of aromatic amines is 1. The Kier molecular flexibility index (Phi) is 3.54. The second-order valence-electron chi connectivity index (χ2n) is 5.34. The predicted molar refractivity (Wildman–Crippen MR) is 84.2 cm³/mol. The van der Waals surface area contributed by atoms with Crippen LogP contribution < -0.4 is 16.0 Å². The first-order valence-corrected chi connectivity index (χ1v) is 6.98. The summed E-state index contributed by atoms with van der Waals surface area (Å²) in [6, 6.07) is 9.30. The summed E-state index contributed by atoms with van der Waals surface area (Å²) in [5.41, 5.74) is 6.48. The molecule has 0 amide bonds. The number of nitrogens with zero attached hydrogens (tertiary/aromatic N) is 2. The molecule has 1 aliphatic heterocycles. The summed E-state index contributed by atoms with van der Waals surface area (Å²) < 4.78 is 5.41. The Morgan fingerprint density at radius 3 is 2.83 bits per heavy atom. The molecule has 8 nitrogen and oxygen atoms in total. The third-order valence-corrected chi connectivity index (χ3v) is 3.77. The third-order valence-electron chi connectivity index (χ3n) is 3.77. The van der Waals surface area contributed by atoms with Crippen molar-refractivity contribution in [3.05, 3.63) is 79.1 Å². The van der Waals surface area contributed by atoms with Crippen molar-refractivity contribution < 1.29 is 9.66 Å². The number of H-pyrrole nitrogens is 1. The normalized spacial score (nSPS) is 16.1. The van der Waals surface area contributed by atoms with E-state index >= 15 is 0 Å². The van der Waals surface area contributed by atoms with Crippen LogP contribution in [0.1, 0.15) is 22.7 Å². The van der Waals surface area contributed by atoms with Crippen molar-refractivity contribution >= 4 is 5.69 Å². The fourth-order valence-electron chi connectivity index (χ4n) is 2.76. The molecule has 2 heterocycles. The van der Waals surface area contributed by atoms with Crippen molar-refractivity contribution in [1.29, 1.82) is 5.26 Å². The van der Waals surface area contributed by atoms with Crippen molar-refractivity contribution in [2.45, 2.75) is 12.8 Å². The molecular weight excluding hydrogens is 312 g/mol. The summed E-state index contributed by atoms with van der Waals surface area (Å²) in [6.45, 7) is 1.69. The maximum absolute atomic E-state index is 12.4. The van der Waals surface area contributed by atoms with E-state index in [-0.39, 0.29) is 28.5 Å². The Labute approximate surface area is 135 Å². The number of fused-ring (bicyclic) bond motifs is 1. The Morgan fingerprint density at radius 1 is 1.42 bits per heavy atom. The fraction of sp³-hybridized carbons (Fsp3) is 0.125. The van der Waals surface area contributed by atoms with Crippen LogP contribution in [-0.4, -0.2) is 9.91 Å². The van der Waals surface area contributed by atoms with Crippen molar-refractivity contribution in [2.75, 3.05) is 0 Å². The van der Waals surface area contributed by atoms with Gasteiger partial charge in [0.2, 0.25) is 5.88 Å². The average Bonchev–Trinajstić information content (AvgIpc) is 2.53. The molecule has 1 aliphatic rings. The number of rotatable bonds is 2. The molecule has 1 unspecified atom stereocenters. The van der Waals surface area contributed by atoms with Gasteiger partial charge >= 0.3 is 0 Å². The lowest BCUT2D eigenvalue weighted by Gasteiger charge is -2.25. The van der Waals surface area contributed by atoms with Gasteiger partial charge in [-0.3, -0.25) is 14.9 Å². The van der Waals surface area contributed by atoms with Gasteiger partial charge in [-0.25, -0.2) is 0 Å². The van der Waals surface area contributed by atoms with Gasteiger partial charge in [-0.05, 0) is 12.5 Å². The Balaban J connectivity index is 2.30. The topological polar surface area (TPSA) is 135 Å². The zero-order valence-corrected chi connectivity index (χ0v) is 12.6. The van der Waals surface area contributed by atoms with Crippen LogP contribution in [-0.2, 0) is 0 Å². The molecule has 0 saturated heterocycles. The van der Waals surface area contributed by atoms with Crippen LogP contribution in [0.3, 0.4) is 0 Å². The monoisotopic (exact) mass is 324 g/mol. The van der Waals surface area contributed by atoms with Crippen LogP contribution in [0.2, 0.25) is 0 Å². The third kappa shape index (κ3) is 2.38. The van der Waals surface area contributed by atoms with Crippen LogP contribution >= 0.6 is 0 Å². The molecule has 0 spiro atoms. The fourth-order valence-corrected chi connectivity index (χ4v) is 2.76. The van der Waals surface area contributed by atoms with E-state index in [0.717, 1.165) is 0 Å². The van der Waals surface area contributed by atoms with Gasteiger partial charge in [-0.1, -0.05) is 12.1 Å². The first-order valence-electron chi connectivity index (χ1n) is 6.98. The number of non-ortho nitro benzene ring substituents is 1. The number of aromatic nitrogens is 1. The van der Waals surface area contributed by atoms with E-state index in [4.69, 9.17) is 10.5 Å². The van der Waals surface area contributed by atoms with Crippen LogP contribution in [0.5, 0.6) is 5.75 Å². The van der Waals surface area contributed by atoms with Crippen LogP contribution in [0.4, 0.5) is 5.69 Å². The van der Waals surface area contributed by atoms with Crippen molar-refractivity contribution in [3.8, 4) is 11.8 Å². The lowest BCUT2D eigenvalue weighted by molar-refractivity contribution is -0.384. The zero-order valence-electron chi connectivity index (χ0n) is 12.6. The Morgan fingerprint density at radius 2 is 2.17 bits per heavy atom. The number of nitrogens with one attached hydrogen (secondary N) is 1. The number of nitrogens with two attached hydrogens (primary N) is 1. The van der Waals surface area contributed by atoms with E-state index < -0.39 is 16.4 Å². The zero-order chi connectivity index (χ0) is 17.4. The van der Waals surface area contributed by atoms with Crippen molar-refractivity contribution in [1.82, 2.24) is 4.98 Å². The molecule has 1 atom stereocenters. The largest absolute Gasteiger partial charge is 0.440 e. The number of aryl methyl sites for hydroxylation is 1. The molecule has 2 aromatic rings. The number of hydrogen-bond acceptors (Lipinski definition) is 6. The number of benzene rings is 1. The van der Waals surface area contributed by atoms with Crippen molar-refractivity contribution in [2.24, 2.45) is 5.73 Å². The number of allylic oxidation sites excluding steroid dienone is 1. The van der Waals surface area contributed by atoms with E-state index in [1.807, 2.05) is 6.07 Å². The minimum Gasteiger partial charge on any atom is -0.440 e. The molecule has 24 heavy (non-hydrogen) atoms. The van der Waals surface area contributed by atoms with Gasteiger partial charge in [-0.15, -0.1) is 0 Å². The Bertz CT molecular complexity index is 984. The predicted octanol–water partition coefficient (Wildman–Crippen LogP) is 1.81. The summed E-state index contributed by atoms with van der Waals surface area (Å²) in [6.07, 6.45) is 0. The maximum Gasteiger partial charge on any atom is 0.269 e. The second kappa shape index (κ2) is 5.55. The van der Waals surface area contributed by atoms with E-state index in [1.165, 1.54) is 18.2 Å². The number of ether oxygens (including phenoxy) is 1. The van der Waals surface area contributed by atoms with E-state index in [1.54, 1.807) is 19.1 Å². The number of pyridine rings is 1. The highest BCUT2D eigenvalue weighted by atomic mass is 16.6. The Hall–Kier alpha value is -3.60. The average molecular weight is 324 g/mol. The van der Waals surface area contributed by atoms with Crippen LogP contribution in [0.15, 0.2) is 46.6 Å². The first kappa shape index (κ1) is 15.3. The number of hydrogen-bond donors (Lipinski definition) is 2. The minimum absolute atomic E-state index is 0.0392. The second-order valence-corrected chi connectivity index (χ2v) is 5.34. The summed E-state index contributed by atoms with van der Waals surface area (Å²) >= 11 is 0. The molecule has 0 saturated carbocycles. The van der Waals surface area contributed by atoms with Crippen LogP contribution in [0, 0.1) is 28.4 Å². The molecule has 0 radical (unpaired) electrons. The molecule has 0 fully saturated rings. The highest BCUT2D eigenvalue weighted by molar-refractivity contribution is 5.56. The molecule has 3 rings (SSSR count). The molecule has 8 heteroatoms. The highest BCUT2D eigenvalue weighted by Crippen LogP contribution is 2.40. The van der Waals surface area contributed by atoms with Gasteiger partial charge < -0.3 is 15.5 Å². The number of nitriles is 1. The smallest absolute Gasteiger partial charge is 0.269 e. The first-order chi connectivity index (χ1) is 11.4. The molecule has 1 aromatic carbocycles. The quantitative estimate of drug-likeness (QED) is 0.639. The molecular formula is C16H12N4O4. The van der Waals surface area contributed by atoms with Gasteiger partial charge in [0.1, 0.15) is 17.4 Å². The van der Waals surface area contributed by atoms with E-state index in [2.05, 4.69) is 4.98 Å². The summed E-state index contributed by atoms with van der Waals surface area (Å²) in [5, 5.41) is 20.4. The van der Waals surface area contributed by atoms with Gasteiger partial charge in [0.15, 0.2) is 0 Å². The lowest BCUT2D eigenvalue weighted by Crippen LogP contribution is -2.28. The van der Waals surface area contributed by atoms with Gasteiger partial charge in [-0.2, -0.15) is 5.26 Å². The van der Waals surface area contributed by atoms with Gasteiger partial charge in [0, 0.05) is 23.9 Å². The number of nitro benzene ring substituents is 1. The molecule has 3 N–H and O–H groups in total. The van der Waals surface area contributed by atoms with E-state index in [9.17, 15) is 20.2 Å². The summed E-state index contributed by atoms with van der Waals surface area (Å²) in [7, 11) is 0.